The van der Waals surface area contributed by atoms with Gasteiger partial charge in [-0.2, -0.15) is 0 Å². The Hall–Kier alpha value is -1.87. The number of aryl methyl sites for hydroxylation is 2. The summed E-state index contributed by atoms with van der Waals surface area (Å²) in [5.41, 5.74) is 10.1. The van der Waals surface area contributed by atoms with Gasteiger partial charge >= 0.3 is 0 Å². The van der Waals surface area contributed by atoms with Crippen LogP contribution < -0.4 is 10.5 Å². The fraction of sp³-hybridized carbons (Fsp3) is 0.389. The molecule has 0 amide bonds. The maximum Gasteiger partial charge on any atom is 0.135 e. The second kappa shape index (κ2) is 5.86. The number of pyridine rings is 1. The number of ether oxygens (including phenoxy) is 1. The summed E-state index contributed by atoms with van der Waals surface area (Å²) < 4.78 is 6.01. The van der Waals surface area contributed by atoms with Crippen molar-refractivity contribution in [2.75, 3.05) is 0 Å². The van der Waals surface area contributed by atoms with Gasteiger partial charge in [-0.15, -0.1) is 0 Å². The van der Waals surface area contributed by atoms with Crippen molar-refractivity contribution in [2.45, 2.75) is 46.6 Å². The molecule has 3 nitrogen and oxygen atoms in total. The minimum atomic E-state index is 0.144. The molecule has 2 N–H and O–H groups in total. The highest BCUT2D eigenvalue weighted by atomic mass is 16.5. The van der Waals surface area contributed by atoms with Crippen LogP contribution in [-0.4, -0.2) is 4.98 Å². The highest BCUT2D eigenvalue weighted by molar-refractivity contribution is 5.42. The summed E-state index contributed by atoms with van der Waals surface area (Å²) in [6, 6.07) is 10.2. The average molecular weight is 284 g/mol. The fourth-order valence-corrected chi connectivity index (χ4v) is 2.31. The third-order valence-electron chi connectivity index (χ3n) is 3.57. The maximum atomic E-state index is 6.01. The SMILES string of the molecule is Cc1cc(Oc2ccc(C(C)(C)C)cc2)c(CN)c(C)n1. The quantitative estimate of drug-likeness (QED) is 0.916. The molecule has 112 valence electrons. The van der Waals surface area contributed by atoms with Crippen molar-refractivity contribution in [3.63, 3.8) is 0 Å². The first-order chi connectivity index (χ1) is 9.81. The summed E-state index contributed by atoms with van der Waals surface area (Å²) in [5.74, 6) is 1.62. The molecule has 2 aromatic rings. The van der Waals surface area contributed by atoms with Gasteiger partial charge in [0.05, 0.1) is 0 Å². The molecule has 1 aromatic carbocycles. The molecule has 0 fully saturated rings. The van der Waals surface area contributed by atoms with Crippen molar-refractivity contribution in [3.05, 3.63) is 52.8 Å². The number of hydrogen-bond donors (Lipinski definition) is 1. The molecule has 0 atom stereocenters. The molecule has 3 heteroatoms. The zero-order valence-electron chi connectivity index (χ0n) is 13.5. The number of nitrogens with zero attached hydrogens (tertiary/aromatic N) is 1. The van der Waals surface area contributed by atoms with Gasteiger partial charge < -0.3 is 10.5 Å². The van der Waals surface area contributed by atoms with E-state index in [1.807, 2.05) is 32.0 Å². The van der Waals surface area contributed by atoms with Crippen molar-refractivity contribution in [1.29, 1.82) is 0 Å². The summed E-state index contributed by atoms with van der Waals surface area (Å²) in [4.78, 5) is 4.43. The second-order valence-corrected chi connectivity index (χ2v) is 6.41. The number of nitrogens with two attached hydrogens (primary N) is 1. The lowest BCUT2D eigenvalue weighted by Crippen LogP contribution is -2.10. The van der Waals surface area contributed by atoms with Crippen LogP contribution in [0.1, 0.15) is 43.3 Å². The molecule has 0 aliphatic heterocycles. The van der Waals surface area contributed by atoms with Crippen molar-refractivity contribution >= 4 is 0 Å². The molecule has 1 heterocycles. The van der Waals surface area contributed by atoms with E-state index >= 15 is 0 Å². The lowest BCUT2D eigenvalue weighted by Gasteiger charge is -2.19. The van der Waals surface area contributed by atoms with E-state index in [1.165, 1.54) is 5.56 Å². The first-order valence-corrected chi connectivity index (χ1v) is 7.27. The van der Waals surface area contributed by atoms with E-state index in [0.717, 1.165) is 28.5 Å². The molecular formula is C18H24N2O. The summed E-state index contributed by atoms with van der Waals surface area (Å²) >= 11 is 0. The van der Waals surface area contributed by atoms with Crippen LogP contribution in [-0.2, 0) is 12.0 Å². The van der Waals surface area contributed by atoms with E-state index in [1.54, 1.807) is 0 Å². The van der Waals surface area contributed by atoms with Crippen LogP contribution in [0.4, 0.5) is 0 Å². The van der Waals surface area contributed by atoms with Crippen LogP contribution in [0, 0.1) is 13.8 Å². The average Bonchev–Trinajstić information content (AvgIpc) is 2.38. The molecule has 1 aromatic heterocycles. The van der Waals surface area contributed by atoms with E-state index in [9.17, 15) is 0 Å². The minimum absolute atomic E-state index is 0.144. The van der Waals surface area contributed by atoms with Gasteiger partial charge in [0.15, 0.2) is 0 Å². The molecule has 0 spiro atoms. The van der Waals surface area contributed by atoms with Crippen LogP contribution >= 0.6 is 0 Å². The van der Waals surface area contributed by atoms with Crippen molar-refractivity contribution < 1.29 is 4.74 Å². The molecular weight excluding hydrogens is 260 g/mol. The van der Waals surface area contributed by atoms with Gasteiger partial charge in [0, 0.05) is 29.6 Å². The normalized spacial score (nSPS) is 11.5. The molecule has 21 heavy (non-hydrogen) atoms. The van der Waals surface area contributed by atoms with Gasteiger partial charge in [0.2, 0.25) is 0 Å². The fourth-order valence-electron chi connectivity index (χ4n) is 2.31. The number of aromatic nitrogens is 1. The van der Waals surface area contributed by atoms with Gasteiger partial charge in [0.25, 0.3) is 0 Å². The highest BCUT2D eigenvalue weighted by Crippen LogP contribution is 2.29. The highest BCUT2D eigenvalue weighted by Gasteiger charge is 2.14. The Kier molecular flexibility index (Phi) is 4.33. The largest absolute Gasteiger partial charge is 0.457 e. The first kappa shape index (κ1) is 15.5. The van der Waals surface area contributed by atoms with Crippen molar-refractivity contribution in [1.82, 2.24) is 4.98 Å². The van der Waals surface area contributed by atoms with E-state index in [-0.39, 0.29) is 5.41 Å². The van der Waals surface area contributed by atoms with Crippen molar-refractivity contribution in [2.24, 2.45) is 5.73 Å². The van der Waals surface area contributed by atoms with Crippen molar-refractivity contribution in [3.8, 4) is 11.5 Å². The molecule has 0 radical (unpaired) electrons. The summed E-state index contributed by atoms with van der Waals surface area (Å²) in [6.07, 6.45) is 0. The Morgan fingerprint density at radius 3 is 2.24 bits per heavy atom. The molecule has 0 aliphatic rings. The smallest absolute Gasteiger partial charge is 0.135 e. The van der Waals surface area contributed by atoms with E-state index < -0.39 is 0 Å². The van der Waals surface area contributed by atoms with Gasteiger partial charge in [-0.1, -0.05) is 32.9 Å². The first-order valence-electron chi connectivity index (χ1n) is 7.27. The van der Waals surface area contributed by atoms with Crippen LogP contribution in [0.25, 0.3) is 0 Å². The Labute approximate surface area is 127 Å². The van der Waals surface area contributed by atoms with Crippen LogP contribution in [0.15, 0.2) is 30.3 Å². The van der Waals surface area contributed by atoms with Gasteiger partial charge in [-0.3, -0.25) is 4.98 Å². The monoisotopic (exact) mass is 284 g/mol. The Bertz CT molecular complexity index is 625. The molecule has 0 saturated heterocycles. The zero-order valence-corrected chi connectivity index (χ0v) is 13.5. The standard InChI is InChI=1S/C18H24N2O/c1-12-10-17(16(11-19)13(2)20-12)21-15-8-6-14(7-9-15)18(3,4)5/h6-10H,11,19H2,1-5H3. The molecule has 0 bridgehead atoms. The lowest BCUT2D eigenvalue weighted by atomic mass is 9.87. The minimum Gasteiger partial charge on any atom is -0.457 e. The van der Waals surface area contributed by atoms with E-state index in [2.05, 4.69) is 37.9 Å². The Balaban J connectivity index is 2.30. The number of hydrogen-bond acceptors (Lipinski definition) is 3. The topological polar surface area (TPSA) is 48.1 Å². The van der Waals surface area contributed by atoms with Gasteiger partial charge in [-0.25, -0.2) is 0 Å². The second-order valence-electron chi connectivity index (χ2n) is 6.41. The number of rotatable bonds is 3. The van der Waals surface area contributed by atoms with Gasteiger partial charge in [0.1, 0.15) is 11.5 Å². The van der Waals surface area contributed by atoms with E-state index in [0.29, 0.717) is 6.54 Å². The Morgan fingerprint density at radius 2 is 1.71 bits per heavy atom. The molecule has 0 unspecified atom stereocenters. The van der Waals surface area contributed by atoms with Crippen LogP contribution in [0.2, 0.25) is 0 Å². The molecule has 0 aliphatic carbocycles. The molecule has 0 saturated carbocycles. The van der Waals surface area contributed by atoms with Crippen LogP contribution in [0.3, 0.4) is 0 Å². The third kappa shape index (κ3) is 3.61. The summed E-state index contributed by atoms with van der Waals surface area (Å²) in [6.45, 7) is 10.9. The summed E-state index contributed by atoms with van der Waals surface area (Å²) in [5, 5.41) is 0. The Morgan fingerprint density at radius 1 is 1.10 bits per heavy atom. The summed E-state index contributed by atoms with van der Waals surface area (Å²) in [7, 11) is 0. The molecule has 2 rings (SSSR count). The predicted molar refractivity (Wildman–Crippen MR) is 86.8 cm³/mol. The lowest BCUT2D eigenvalue weighted by molar-refractivity contribution is 0.473. The van der Waals surface area contributed by atoms with Gasteiger partial charge in [-0.05, 0) is 37.0 Å². The number of benzene rings is 1. The third-order valence-corrected chi connectivity index (χ3v) is 3.57. The zero-order chi connectivity index (χ0) is 15.6. The van der Waals surface area contributed by atoms with Crippen LogP contribution in [0.5, 0.6) is 11.5 Å². The predicted octanol–water partition coefficient (Wildman–Crippen LogP) is 4.25. The maximum absolute atomic E-state index is 6.01. The van der Waals surface area contributed by atoms with E-state index in [4.69, 9.17) is 10.5 Å².